The Morgan fingerprint density at radius 2 is 1.88 bits per heavy atom. The lowest BCUT2D eigenvalue weighted by atomic mass is 10.1. The number of carbonyl (C=O) groups is 2. The van der Waals surface area contributed by atoms with Crippen LogP contribution in [0.1, 0.15) is 46.3 Å². The number of anilines is 1. The van der Waals surface area contributed by atoms with Crippen LogP contribution in [-0.4, -0.2) is 34.7 Å². The molecule has 0 atom stereocenters. The van der Waals surface area contributed by atoms with E-state index < -0.39 is 24.5 Å². The predicted molar refractivity (Wildman–Crippen MR) is 93.2 cm³/mol. The van der Waals surface area contributed by atoms with Crippen LogP contribution in [0.3, 0.4) is 0 Å². The minimum Gasteiger partial charge on any atom is -0.343 e. The van der Waals surface area contributed by atoms with Gasteiger partial charge in [0, 0.05) is 0 Å². The number of carbonyl (C=O) groups excluding carboxylic acids is 2. The second-order valence-corrected chi connectivity index (χ2v) is 6.55. The van der Waals surface area contributed by atoms with Gasteiger partial charge in [0.1, 0.15) is 6.54 Å². The van der Waals surface area contributed by atoms with Crippen molar-refractivity contribution in [3.05, 3.63) is 45.7 Å². The SMILES string of the molecule is CC(C)c1[nH]nc(C(=O)Nc2ccccc2C(=O)NCC(F)(F)F)c1Br. The summed E-state index contributed by atoms with van der Waals surface area (Å²) >= 11 is 3.30. The van der Waals surface area contributed by atoms with Crippen molar-refractivity contribution >= 4 is 33.4 Å². The molecule has 6 nitrogen and oxygen atoms in total. The Hall–Kier alpha value is -2.36. The van der Waals surface area contributed by atoms with Gasteiger partial charge in [-0.25, -0.2) is 0 Å². The molecule has 10 heteroatoms. The molecular weight excluding hydrogens is 417 g/mol. The summed E-state index contributed by atoms with van der Waals surface area (Å²) in [5.41, 5.74) is 0.810. The Balaban J connectivity index is 2.20. The first-order valence-electron chi connectivity index (χ1n) is 7.59. The van der Waals surface area contributed by atoms with Gasteiger partial charge in [0.05, 0.1) is 21.4 Å². The quantitative estimate of drug-likeness (QED) is 0.670. The van der Waals surface area contributed by atoms with Crippen LogP contribution in [0.5, 0.6) is 0 Å². The molecule has 0 bridgehead atoms. The molecule has 1 aromatic heterocycles. The summed E-state index contributed by atoms with van der Waals surface area (Å²) in [6.07, 6.45) is -4.53. The fourth-order valence-electron chi connectivity index (χ4n) is 2.12. The Bertz CT molecular complexity index is 818. The zero-order valence-corrected chi connectivity index (χ0v) is 15.5. The van der Waals surface area contributed by atoms with E-state index in [1.165, 1.54) is 18.2 Å². The van der Waals surface area contributed by atoms with Crippen LogP contribution in [-0.2, 0) is 0 Å². The van der Waals surface area contributed by atoms with Crippen molar-refractivity contribution in [2.75, 3.05) is 11.9 Å². The zero-order chi connectivity index (χ0) is 19.5. The van der Waals surface area contributed by atoms with Crippen LogP contribution in [0.15, 0.2) is 28.7 Å². The summed E-state index contributed by atoms with van der Waals surface area (Å²) in [5, 5.41) is 11.0. The van der Waals surface area contributed by atoms with Crippen LogP contribution in [0.2, 0.25) is 0 Å². The van der Waals surface area contributed by atoms with E-state index in [1.54, 1.807) is 11.4 Å². The number of nitrogens with one attached hydrogen (secondary N) is 3. The van der Waals surface area contributed by atoms with E-state index in [4.69, 9.17) is 0 Å². The molecule has 26 heavy (non-hydrogen) atoms. The van der Waals surface area contributed by atoms with Crippen LogP contribution < -0.4 is 10.6 Å². The number of alkyl halides is 3. The van der Waals surface area contributed by atoms with Gasteiger partial charge in [0.25, 0.3) is 11.8 Å². The maximum Gasteiger partial charge on any atom is 0.405 e. The van der Waals surface area contributed by atoms with Gasteiger partial charge in [-0.2, -0.15) is 18.3 Å². The number of nitrogens with zero attached hydrogens (tertiary/aromatic N) is 1. The molecule has 0 unspecified atom stereocenters. The Labute approximate surface area is 155 Å². The van der Waals surface area contributed by atoms with Crippen molar-refractivity contribution in [2.45, 2.75) is 25.9 Å². The molecule has 1 aromatic carbocycles. The van der Waals surface area contributed by atoms with Gasteiger partial charge < -0.3 is 10.6 Å². The van der Waals surface area contributed by atoms with Gasteiger partial charge in [-0.15, -0.1) is 0 Å². The number of hydrogen-bond donors (Lipinski definition) is 3. The molecule has 0 radical (unpaired) electrons. The largest absolute Gasteiger partial charge is 0.405 e. The highest BCUT2D eigenvalue weighted by atomic mass is 79.9. The van der Waals surface area contributed by atoms with Crippen molar-refractivity contribution in [1.29, 1.82) is 0 Å². The monoisotopic (exact) mass is 432 g/mol. The molecule has 1 heterocycles. The van der Waals surface area contributed by atoms with E-state index >= 15 is 0 Å². The average Bonchev–Trinajstić information content (AvgIpc) is 2.94. The number of hydrogen-bond acceptors (Lipinski definition) is 3. The molecule has 0 aliphatic heterocycles. The number of aromatic amines is 1. The first-order valence-corrected chi connectivity index (χ1v) is 8.38. The molecule has 0 fully saturated rings. The topological polar surface area (TPSA) is 86.9 Å². The van der Waals surface area contributed by atoms with Gasteiger partial charge in [-0.3, -0.25) is 14.7 Å². The molecule has 2 amide bonds. The summed E-state index contributed by atoms with van der Waals surface area (Å²) in [7, 11) is 0. The fourth-order valence-corrected chi connectivity index (χ4v) is 2.94. The smallest absolute Gasteiger partial charge is 0.343 e. The van der Waals surface area contributed by atoms with Crippen molar-refractivity contribution in [3.8, 4) is 0 Å². The van der Waals surface area contributed by atoms with E-state index in [2.05, 4.69) is 31.4 Å². The molecule has 2 rings (SSSR count). The van der Waals surface area contributed by atoms with Crippen molar-refractivity contribution in [1.82, 2.24) is 15.5 Å². The Kier molecular flexibility index (Phi) is 6.06. The second kappa shape index (κ2) is 7.90. The summed E-state index contributed by atoms with van der Waals surface area (Å²) in [5.74, 6) is -1.45. The number of benzene rings is 1. The molecule has 140 valence electrons. The lowest BCUT2D eigenvalue weighted by molar-refractivity contribution is -0.123. The lowest BCUT2D eigenvalue weighted by Crippen LogP contribution is -2.34. The van der Waals surface area contributed by atoms with Crippen LogP contribution >= 0.6 is 15.9 Å². The van der Waals surface area contributed by atoms with E-state index in [0.717, 1.165) is 5.69 Å². The van der Waals surface area contributed by atoms with Crippen molar-refractivity contribution < 1.29 is 22.8 Å². The molecule has 0 saturated heterocycles. The minimum absolute atomic E-state index is 0.0816. The van der Waals surface area contributed by atoms with Crippen molar-refractivity contribution in [3.63, 3.8) is 0 Å². The number of halogens is 4. The van der Waals surface area contributed by atoms with E-state index in [9.17, 15) is 22.8 Å². The van der Waals surface area contributed by atoms with Crippen molar-refractivity contribution in [2.24, 2.45) is 0 Å². The molecule has 0 aliphatic carbocycles. The summed E-state index contributed by atoms with van der Waals surface area (Å²) < 4.78 is 37.3. The number of para-hydroxylation sites is 1. The Morgan fingerprint density at radius 1 is 1.23 bits per heavy atom. The lowest BCUT2D eigenvalue weighted by Gasteiger charge is -2.12. The fraction of sp³-hybridized carbons (Fsp3) is 0.312. The molecule has 2 aromatic rings. The number of amides is 2. The molecule has 0 spiro atoms. The normalized spacial score (nSPS) is 11.5. The second-order valence-electron chi connectivity index (χ2n) is 5.75. The number of H-pyrrole nitrogens is 1. The summed E-state index contributed by atoms with van der Waals surface area (Å²) in [6, 6.07) is 5.78. The van der Waals surface area contributed by atoms with E-state index in [-0.39, 0.29) is 22.9 Å². The Morgan fingerprint density at radius 3 is 2.46 bits per heavy atom. The predicted octanol–water partition coefficient (Wildman–Crippen LogP) is 3.84. The zero-order valence-electron chi connectivity index (χ0n) is 13.9. The maximum absolute atomic E-state index is 12.4. The van der Waals surface area contributed by atoms with Gasteiger partial charge in [-0.1, -0.05) is 26.0 Å². The maximum atomic E-state index is 12.4. The van der Waals surface area contributed by atoms with Gasteiger partial charge in [0.2, 0.25) is 0 Å². The highest BCUT2D eigenvalue weighted by Crippen LogP contribution is 2.26. The van der Waals surface area contributed by atoms with Gasteiger partial charge >= 0.3 is 6.18 Å². The van der Waals surface area contributed by atoms with Crippen LogP contribution in [0, 0.1) is 0 Å². The first kappa shape index (κ1) is 20.0. The molecule has 3 N–H and O–H groups in total. The minimum atomic E-state index is -4.53. The third kappa shape index (κ3) is 4.84. The average molecular weight is 433 g/mol. The first-order chi connectivity index (χ1) is 12.1. The molecule has 0 saturated carbocycles. The highest BCUT2D eigenvalue weighted by molar-refractivity contribution is 9.10. The molecule has 0 aliphatic rings. The molecular formula is C16H16BrF3N4O2. The standard InChI is InChI=1S/C16H16BrF3N4O2/c1-8(2)12-11(17)13(24-23-12)15(26)22-10-6-4-3-5-9(10)14(25)21-7-16(18,19)20/h3-6,8H,7H2,1-2H3,(H,21,25)(H,22,26)(H,23,24). The third-order valence-electron chi connectivity index (χ3n) is 3.39. The summed E-state index contributed by atoms with van der Waals surface area (Å²) in [4.78, 5) is 24.4. The number of rotatable bonds is 5. The van der Waals surface area contributed by atoms with Gasteiger partial charge in [-0.05, 0) is 34.0 Å². The third-order valence-corrected chi connectivity index (χ3v) is 4.20. The van der Waals surface area contributed by atoms with Crippen LogP contribution in [0.4, 0.5) is 18.9 Å². The van der Waals surface area contributed by atoms with Gasteiger partial charge in [0.15, 0.2) is 5.69 Å². The highest BCUT2D eigenvalue weighted by Gasteiger charge is 2.28. The summed E-state index contributed by atoms with van der Waals surface area (Å²) in [6.45, 7) is 2.37. The van der Waals surface area contributed by atoms with E-state index in [1.807, 2.05) is 13.8 Å². The van der Waals surface area contributed by atoms with Crippen LogP contribution in [0.25, 0.3) is 0 Å². The number of aromatic nitrogens is 2. The van der Waals surface area contributed by atoms with E-state index in [0.29, 0.717) is 4.47 Å².